The van der Waals surface area contributed by atoms with E-state index in [1.54, 1.807) is 6.07 Å². The van der Waals surface area contributed by atoms with Crippen molar-refractivity contribution in [1.29, 1.82) is 0 Å². The number of ether oxygens (including phenoxy) is 1. The summed E-state index contributed by atoms with van der Waals surface area (Å²) in [5.74, 6) is 0.367. The van der Waals surface area contributed by atoms with Crippen molar-refractivity contribution in [1.82, 2.24) is 4.98 Å². The Morgan fingerprint density at radius 3 is 2.73 bits per heavy atom. The summed E-state index contributed by atoms with van der Waals surface area (Å²) in [6.07, 6.45) is 1.35. The van der Waals surface area contributed by atoms with E-state index in [0.717, 1.165) is 10.0 Å². The minimum Gasteiger partial charge on any atom is -0.488 e. The van der Waals surface area contributed by atoms with E-state index < -0.39 is 5.97 Å². The molecule has 0 unspecified atom stereocenters. The zero-order valence-corrected chi connectivity index (χ0v) is 17.1. The van der Waals surface area contributed by atoms with Crippen LogP contribution in [0.25, 0.3) is 0 Å². The number of carboxylic acids is 1. The molecule has 0 amide bonds. The maximum absolute atomic E-state index is 11.0. The van der Waals surface area contributed by atoms with E-state index in [0.29, 0.717) is 29.7 Å². The number of anilines is 1. The van der Waals surface area contributed by atoms with Crippen molar-refractivity contribution >= 4 is 50.9 Å². The molecular weight excluding hydrogens is 443 g/mol. The molecule has 0 aliphatic heterocycles. The van der Waals surface area contributed by atoms with E-state index in [1.807, 2.05) is 30.0 Å². The summed E-state index contributed by atoms with van der Waals surface area (Å²) in [6.45, 7) is 3.40. The van der Waals surface area contributed by atoms with Gasteiger partial charge < -0.3 is 14.7 Å². The van der Waals surface area contributed by atoms with Gasteiger partial charge in [0.15, 0.2) is 0 Å². The number of hydrogen-bond donors (Lipinski definition) is 1. The largest absolute Gasteiger partial charge is 0.488 e. The molecule has 0 saturated carbocycles. The van der Waals surface area contributed by atoms with Crippen LogP contribution in [0.2, 0.25) is 0 Å². The van der Waals surface area contributed by atoms with Gasteiger partial charge >= 0.3 is 5.97 Å². The van der Waals surface area contributed by atoms with E-state index in [1.165, 1.54) is 17.8 Å². The Bertz CT molecular complexity index is 798. The fourth-order valence-corrected chi connectivity index (χ4v) is 2.78. The first-order valence-electron chi connectivity index (χ1n) is 7.74. The van der Waals surface area contributed by atoms with E-state index >= 15 is 0 Å². The number of aromatic carboxylic acids is 1. The first-order valence-corrected chi connectivity index (χ1v) is 9.35. The van der Waals surface area contributed by atoms with Crippen LogP contribution in [0, 0.1) is 0 Å². The van der Waals surface area contributed by atoms with E-state index in [-0.39, 0.29) is 12.2 Å². The molecule has 2 aromatic rings. The van der Waals surface area contributed by atoms with Crippen LogP contribution in [-0.2, 0) is 6.54 Å². The Balaban J connectivity index is 2.23. The molecule has 8 heteroatoms. The number of benzene rings is 1. The van der Waals surface area contributed by atoms with Crippen LogP contribution in [0.4, 0.5) is 5.82 Å². The smallest absolute Gasteiger partial charge is 0.337 e. The van der Waals surface area contributed by atoms with Gasteiger partial charge in [0.1, 0.15) is 18.2 Å². The van der Waals surface area contributed by atoms with Crippen LogP contribution in [0.15, 0.2) is 51.6 Å². The Morgan fingerprint density at radius 1 is 1.38 bits per heavy atom. The Hall–Kier alpha value is -1.76. The molecule has 0 radical (unpaired) electrons. The number of nitrogens with zero attached hydrogens (tertiary/aromatic N) is 2. The first-order chi connectivity index (χ1) is 12.4. The van der Waals surface area contributed by atoms with Crippen LogP contribution in [0.5, 0.6) is 5.75 Å². The lowest BCUT2D eigenvalue weighted by atomic mass is 10.2. The van der Waals surface area contributed by atoms with E-state index in [2.05, 4.69) is 20.9 Å². The van der Waals surface area contributed by atoms with Crippen molar-refractivity contribution in [3.8, 4) is 5.75 Å². The Labute approximate surface area is 170 Å². The topological polar surface area (TPSA) is 62.7 Å². The highest BCUT2D eigenvalue weighted by Crippen LogP contribution is 2.27. The molecule has 0 bridgehead atoms. The predicted molar refractivity (Wildman–Crippen MR) is 107 cm³/mol. The molecule has 0 aliphatic carbocycles. The van der Waals surface area contributed by atoms with Gasteiger partial charge in [0.25, 0.3) is 0 Å². The fraction of sp³-hybridized carbons (Fsp3) is 0.222. The fourth-order valence-electron chi connectivity index (χ4n) is 2.25. The molecule has 1 heterocycles. The molecule has 138 valence electrons. The normalized spacial score (nSPS) is 11.3. The number of aromatic nitrogens is 1. The lowest BCUT2D eigenvalue weighted by Crippen LogP contribution is -2.23. The maximum atomic E-state index is 11.0. The lowest BCUT2D eigenvalue weighted by Gasteiger charge is -2.23. The summed E-state index contributed by atoms with van der Waals surface area (Å²) in [5.41, 5.74) is 2.36. The minimum atomic E-state index is -1.00. The molecule has 0 atom stereocenters. The molecule has 0 spiro atoms. The summed E-state index contributed by atoms with van der Waals surface area (Å²) in [7, 11) is 0. The molecule has 1 aromatic carbocycles. The lowest BCUT2D eigenvalue weighted by molar-refractivity contribution is 0.0696. The van der Waals surface area contributed by atoms with Gasteiger partial charge in [-0.15, -0.1) is 0 Å². The number of carboxylic acid groups (broad SMARTS) is 1. The van der Waals surface area contributed by atoms with E-state index in [9.17, 15) is 4.79 Å². The highest BCUT2D eigenvalue weighted by molar-refractivity contribution is 9.10. The van der Waals surface area contributed by atoms with Crippen molar-refractivity contribution in [3.63, 3.8) is 0 Å². The van der Waals surface area contributed by atoms with Gasteiger partial charge in [0, 0.05) is 34.9 Å². The standard InChI is InChI=1S/C18H17BrCl2N2O3/c1-2-23(17-6-3-12(9-22-17)18(24)25)10-13-7-14(19)4-5-16(13)26-11-15(21)8-20/h3-9H,2,10-11H2,1H3,(H,24,25). The zero-order chi connectivity index (χ0) is 19.1. The number of rotatable bonds is 8. The molecular formula is C18H17BrCl2N2O3. The highest BCUT2D eigenvalue weighted by atomic mass is 79.9. The van der Waals surface area contributed by atoms with Crippen molar-refractivity contribution in [2.24, 2.45) is 0 Å². The second-order valence-corrected chi connectivity index (χ2v) is 6.94. The summed E-state index contributed by atoms with van der Waals surface area (Å²) in [6, 6.07) is 8.93. The van der Waals surface area contributed by atoms with Crippen LogP contribution < -0.4 is 9.64 Å². The second kappa shape index (κ2) is 9.80. The van der Waals surface area contributed by atoms with Gasteiger partial charge in [-0.2, -0.15) is 0 Å². The molecule has 1 N–H and O–H groups in total. The Morgan fingerprint density at radius 2 is 2.15 bits per heavy atom. The van der Waals surface area contributed by atoms with Gasteiger partial charge in [0.2, 0.25) is 0 Å². The Kier molecular flexibility index (Phi) is 7.75. The van der Waals surface area contributed by atoms with Crippen molar-refractivity contribution in [2.75, 3.05) is 18.1 Å². The third-order valence-electron chi connectivity index (χ3n) is 3.57. The summed E-state index contributed by atoms with van der Waals surface area (Å²) >= 11 is 14.9. The molecule has 26 heavy (non-hydrogen) atoms. The average Bonchev–Trinajstić information content (AvgIpc) is 2.65. The monoisotopic (exact) mass is 458 g/mol. The molecule has 0 fully saturated rings. The van der Waals surface area contributed by atoms with Gasteiger partial charge in [-0.05, 0) is 37.3 Å². The van der Waals surface area contributed by atoms with Crippen LogP contribution >= 0.6 is 39.1 Å². The highest BCUT2D eigenvalue weighted by Gasteiger charge is 2.13. The number of halogens is 3. The van der Waals surface area contributed by atoms with E-state index in [4.69, 9.17) is 33.0 Å². The third-order valence-corrected chi connectivity index (χ3v) is 4.65. The van der Waals surface area contributed by atoms with Crippen LogP contribution in [0.1, 0.15) is 22.8 Å². The average molecular weight is 460 g/mol. The maximum Gasteiger partial charge on any atom is 0.337 e. The molecule has 0 saturated heterocycles. The van der Waals surface area contributed by atoms with Crippen molar-refractivity contribution in [3.05, 3.63) is 62.7 Å². The summed E-state index contributed by atoms with van der Waals surface area (Å²) < 4.78 is 6.67. The van der Waals surface area contributed by atoms with Gasteiger partial charge in [0.05, 0.1) is 10.6 Å². The molecule has 1 aromatic heterocycles. The van der Waals surface area contributed by atoms with Crippen molar-refractivity contribution < 1.29 is 14.6 Å². The number of hydrogen-bond acceptors (Lipinski definition) is 4. The quantitative estimate of drug-likeness (QED) is 0.582. The third kappa shape index (κ3) is 5.62. The SMILES string of the molecule is CCN(Cc1cc(Br)ccc1OCC(Cl)=CCl)c1ccc(C(=O)O)cn1. The number of carbonyl (C=O) groups is 1. The van der Waals surface area contributed by atoms with Crippen molar-refractivity contribution in [2.45, 2.75) is 13.5 Å². The zero-order valence-electron chi connectivity index (χ0n) is 14.0. The molecule has 2 rings (SSSR count). The molecule has 5 nitrogen and oxygen atoms in total. The second-order valence-electron chi connectivity index (χ2n) is 5.32. The summed E-state index contributed by atoms with van der Waals surface area (Å²) in [4.78, 5) is 17.2. The van der Waals surface area contributed by atoms with Gasteiger partial charge in [-0.3, -0.25) is 0 Å². The van der Waals surface area contributed by atoms with Crippen LogP contribution in [-0.4, -0.2) is 29.2 Å². The minimum absolute atomic E-state index is 0.152. The van der Waals surface area contributed by atoms with Gasteiger partial charge in [-0.1, -0.05) is 39.1 Å². The summed E-state index contributed by atoms with van der Waals surface area (Å²) in [5, 5.41) is 9.40. The number of pyridine rings is 1. The predicted octanol–water partition coefficient (Wildman–Crippen LogP) is 5.27. The van der Waals surface area contributed by atoms with Crippen LogP contribution in [0.3, 0.4) is 0 Å². The molecule has 0 aliphatic rings. The van der Waals surface area contributed by atoms with Gasteiger partial charge in [-0.25, -0.2) is 9.78 Å². The first kappa shape index (κ1) is 20.6.